The number of aryl methyl sites for hydroxylation is 1. The number of carbonyl (C=O) groups is 1. The maximum atomic E-state index is 13.1. The SMILES string of the molecule is Cc1cccnc1NC(=O)/N=N/c1[nH]c2cc(F)ccc2c1O. The van der Waals surface area contributed by atoms with Crippen LogP contribution in [0, 0.1) is 12.7 Å². The molecule has 0 spiro atoms. The number of hydrogen-bond acceptors (Lipinski definition) is 4. The van der Waals surface area contributed by atoms with E-state index < -0.39 is 11.8 Å². The van der Waals surface area contributed by atoms with Gasteiger partial charge in [-0.05, 0) is 36.8 Å². The summed E-state index contributed by atoms with van der Waals surface area (Å²) in [6, 6.07) is 6.63. The zero-order valence-corrected chi connectivity index (χ0v) is 12.0. The highest BCUT2D eigenvalue weighted by Gasteiger charge is 2.11. The van der Waals surface area contributed by atoms with E-state index in [0.29, 0.717) is 16.7 Å². The van der Waals surface area contributed by atoms with Crippen LogP contribution >= 0.6 is 0 Å². The smallest absolute Gasteiger partial charge is 0.365 e. The van der Waals surface area contributed by atoms with Crippen LogP contribution in [0.2, 0.25) is 0 Å². The molecule has 7 nitrogen and oxygen atoms in total. The van der Waals surface area contributed by atoms with Crippen molar-refractivity contribution in [3.63, 3.8) is 0 Å². The molecule has 23 heavy (non-hydrogen) atoms. The second kappa shape index (κ2) is 5.84. The summed E-state index contributed by atoms with van der Waals surface area (Å²) in [6.07, 6.45) is 1.54. The third-order valence-corrected chi connectivity index (χ3v) is 3.19. The number of azo groups is 1. The number of nitrogens with one attached hydrogen (secondary N) is 2. The number of carbonyl (C=O) groups excluding carboxylic acids is 1. The Morgan fingerprint density at radius 1 is 1.39 bits per heavy atom. The van der Waals surface area contributed by atoms with Crippen molar-refractivity contribution in [3.05, 3.63) is 47.9 Å². The van der Waals surface area contributed by atoms with Crippen molar-refractivity contribution >= 4 is 28.6 Å². The minimum absolute atomic E-state index is 0.0292. The summed E-state index contributed by atoms with van der Waals surface area (Å²) in [4.78, 5) is 18.4. The number of nitrogens with zero attached hydrogens (tertiary/aromatic N) is 3. The number of hydrogen-bond donors (Lipinski definition) is 3. The topological polar surface area (TPSA) is 103 Å². The van der Waals surface area contributed by atoms with Crippen molar-refractivity contribution in [2.75, 3.05) is 5.32 Å². The van der Waals surface area contributed by atoms with Gasteiger partial charge in [0.05, 0.1) is 5.52 Å². The van der Waals surface area contributed by atoms with Gasteiger partial charge in [0.1, 0.15) is 11.6 Å². The lowest BCUT2D eigenvalue weighted by molar-refractivity contribution is 0.258. The number of aromatic amines is 1. The molecule has 2 heterocycles. The Labute approximate surface area is 129 Å². The molecule has 0 saturated carbocycles. The van der Waals surface area contributed by atoms with Crippen LogP contribution in [0.5, 0.6) is 5.75 Å². The lowest BCUT2D eigenvalue weighted by Crippen LogP contribution is -2.08. The maximum absolute atomic E-state index is 13.1. The molecule has 3 aromatic rings. The van der Waals surface area contributed by atoms with Crippen molar-refractivity contribution < 1.29 is 14.3 Å². The van der Waals surface area contributed by atoms with Crippen LogP contribution < -0.4 is 5.32 Å². The first kappa shape index (κ1) is 14.6. The number of amides is 2. The fourth-order valence-electron chi connectivity index (χ4n) is 2.05. The predicted octanol–water partition coefficient (Wildman–Crippen LogP) is 4.03. The van der Waals surface area contributed by atoms with Crippen molar-refractivity contribution in [3.8, 4) is 5.75 Å². The van der Waals surface area contributed by atoms with Crippen molar-refractivity contribution in [1.82, 2.24) is 9.97 Å². The maximum Gasteiger partial charge on any atom is 0.365 e. The van der Waals surface area contributed by atoms with Gasteiger partial charge in [0.25, 0.3) is 0 Å². The Morgan fingerprint density at radius 2 is 2.22 bits per heavy atom. The number of benzene rings is 1. The van der Waals surface area contributed by atoms with E-state index in [9.17, 15) is 14.3 Å². The standard InChI is InChI=1S/C15H12FN5O2/c1-8-3-2-6-17-13(8)19-15(23)21-20-14-12(22)10-5-4-9(16)7-11(10)18-14/h2-7,18,22H,1H3,(H,17,19,23)/b21-20+. The van der Waals surface area contributed by atoms with Gasteiger partial charge in [0.2, 0.25) is 0 Å². The molecule has 0 aliphatic carbocycles. The molecule has 2 amide bonds. The molecule has 0 saturated heterocycles. The zero-order chi connectivity index (χ0) is 16.4. The molecule has 0 aliphatic heterocycles. The van der Waals surface area contributed by atoms with E-state index in [-0.39, 0.29) is 11.6 Å². The number of urea groups is 1. The number of aromatic nitrogens is 2. The molecule has 116 valence electrons. The van der Waals surface area contributed by atoms with E-state index in [1.54, 1.807) is 19.1 Å². The van der Waals surface area contributed by atoms with E-state index in [1.165, 1.54) is 24.4 Å². The average Bonchev–Trinajstić information content (AvgIpc) is 2.83. The highest BCUT2D eigenvalue weighted by molar-refractivity contribution is 5.92. The van der Waals surface area contributed by atoms with Crippen LogP contribution in [-0.4, -0.2) is 21.1 Å². The molecule has 8 heteroatoms. The Balaban J connectivity index is 1.81. The number of anilines is 1. The second-order valence-corrected chi connectivity index (χ2v) is 4.81. The summed E-state index contributed by atoms with van der Waals surface area (Å²) in [6.45, 7) is 1.79. The monoisotopic (exact) mass is 313 g/mol. The van der Waals surface area contributed by atoms with E-state index >= 15 is 0 Å². The Morgan fingerprint density at radius 3 is 3.00 bits per heavy atom. The third-order valence-electron chi connectivity index (χ3n) is 3.19. The van der Waals surface area contributed by atoms with Crippen molar-refractivity contribution in [2.45, 2.75) is 6.92 Å². The van der Waals surface area contributed by atoms with Crippen LogP contribution in [0.3, 0.4) is 0 Å². The molecular formula is C15H12FN5O2. The largest absolute Gasteiger partial charge is 0.504 e. The van der Waals surface area contributed by atoms with Crippen LogP contribution in [-0.2, 0) is 0 Å². The fourth-order valence-corrected chi connectivity index (χ4v) is 2.05. The summed E-state index contributed by atoms with van der Waals surface area (Å²) in [7, 11) is 0. The number of H-pyrrole nitrogens is 1. The molecule has 2 aromatic heterocycles. The van der Waals surface area contributed by atoms with Crippen LogP contribution in [0.25, 0.3) is 10.9 Å². The van der Waals surface area contributed by atoms with Crippen molar-refractivity contribution in [1.29, 1.82) is 0 Å². The van der Waals surface area contributed by atoms with Gasteiger partial charge in [0, 0.05) is 11.6 Å². The quantitative estimate of drug-likeness (QED) is 0.622. The van der Waals surface area contributed by atoms with Crippen LogP contribution in [0.4, 0.5) is 20.8 Å². The van der Waals surface area contributed by atoms with E-state index in [4.69, 9.17) is 0 Å². The number of aromatic hydroxyl groups is 1. The predicted molar refractivity (Wildman–Crippen MR) is 82.4 cm³/mol. The Hall–Kier alpha value is -3.29. The fraction of sp³-hybridized carbons (Fsp3) is 0.0667. The van der Waals surface area contributed by atoms with Crippen LogP contribution in [0.1, 0.15) is 5.56 Å². The third kappa shape index (κ3) is 3.00. The van der Waals surface area contributed by atoms with Gasteiger partial charge in [-0.15, -0.1) is 5.11 Å². The molecule has 0 aliphatic rings. The lowest BCUT2D eigenvalue weighted by Gasteiger charge is -2.02. The average molecular weight is 313 g/mol. The van der Waals surface area contributed by atoms with Crippen LogP contribution in [0.15, 0.2) is 46.8 Å². The van der Waals surface area contributed by atoms with Gasteiger partial charge in [-0.2, -0.15) is 0 Å². The summed E-state index contributed by atoms with van der Waals surface area (Å²) in [5.41, 5.74) is 1.14. The molecule has 0 fully saturated rings. The molecule has 0 bridgehead atoms. The summed E-state index contributed by atoms with van der Waals surface area (Å²) < 4.78 is 13.1. The van der Waals surface area contributed by atoms with E-state index in [0.717, 1.165) is 5.56 Å². The summed E-state index contributed by atoms with van der Waals surface area (Å²) >= 11 is 0. The highest BCUT2D eigenvalue weighted by atomic mass is 19.1. The van der Waals surface area contributed by atoms with Gasteiger partial charge in [-0.25, -0.2) is 14.2 Å². The Bertz CT molecular complexity index is 919. The molecule has 0 unspecified atom stereocenters. The number of fused-ring (bicyclic) bond motifs is 1. The molecule has 3 rings (SSSR count). The molecule has 3 N–H and O–H groups in total. The van der Waals surface area contributed by atoms with Gasteiger partial charge < -0.3 is 10.1 Å². The molecule has 0 atom stereocenters. The number of pyridine rings is 1. The normalized spacial score (nSPS) is 11.2. The number of rotatable bonds is 2. The van der Waals surface area contributed by atoms with Gasteiger partial charge in [0.15, 0.2) is 11.6 Å². The first-order valence-corrected chi connectivity index (χ1v) is 6.69. The number of halogens is 1. The summed E-state index contributed by atoms with van der Waals surface area (Å²) in [5, 5.41) is 20.0. The Kier molecular flexibility index (Phi) is 3.71. The van der Waals surface area contributed by atoms with Gasteiger partial charge in [-0.3, -0.25) is 5.32 Å². The highest BCUT2D eigenvalue weighted by Crippen LogP contribution is 2.35. The lowest BCUT2D eigenvalue weighted by atomic mass is 10.2. The minimum atomic E-state index is -0.740. The van der Waals surface area contributed by atoms with Gasteiger partial charge >= 0.3 is 6.03 Å². The molecular weight excluding hydrogens is 301 g/mol. The molecule has 0 radical (unpaired) electrons. The van der Waals surface area contributed by atoms with Gasteiger partial charge in [-0.1, -0.05) is 11.2 Å². The zero-order valence-electron chi connectivity index (χ0n) is 12.0. The van der Waals surface area contributed by atoms with Crippen molar-refractivity contribution in [2.24, 2.45) is 10.2 Å². The first-order valence-electron chi connectivity index (χ1n) is 6.69. The first-order chi connectivity index (χ1) is 11.0. The van der Waals surface area contributed by atoms with E-state index in [1.807, 2.05) is 0 Å². The van der Waals surface area contributed by atoms with E-state index in [2.05, 4.69) is 25.5 Å². The molecule has 1 aromatic carbocycles. The summed E-state index contributed by atoms with van der Waals surface area (Å²) in [5.74, 6) is -0.311. The second-order valence-electron chi connectivity index (χ2n) is 4.81. The minimum Gasteiger partial charge on any atom is -0.504 e.